The maximum atomic E-state index is 13.3. The SMILES string of the molecule is CSc1ccc(C(=O)N(Cc2ccco2)c2nc3ccc(S(C)(=O)=O)cc3s2)cc1. The van der Waals surface area contributed by atoms with E-state index in [-0.39, 0.29) is 17.3 Å². The number of hydrogen-bond acceptors (Lipinski definition) is 7. The molecule has 4 rings (SSSR count). The highest BCUT2D eigenvalue weighted by molar-refractivity contribution is 7.98. The summed E-state index contributed by atoms with van der Waals surface area (Å²) < 4.78 is 29.9. The minimum absolute atomic E-state index is 0.207. The number of furan rings is 1. The van der Waals surface area contributed by atoms with E-state index in [1.165, 1.54) is 23.7 Å². The van der Waals surface area contributed by atoms with Gasteiger partial charge in [0.25, 0.3) is 5.91 Å². The Kier molecular flexibility index (Phi) is 5.68. The van der Waals surface area contributed by atoms with E-state index in [9.17, 15) is 13.2 Å². The Morgan fingerprint density at radius 2 is 1.93 bits per heavy atom. The molecule has 2 aromatic carbocycles. The lowest BCUT2D eigenvalue weighted by atomic mass is 10.2. The number of benzene rings is 2. The Morgan fingerprint density at radius 1 is 1.17 bits per heavy atom. The number of amides is 1. The van der Waals surface area contributed by atoms with Crippen molar-refractivity contribution in [3.63, 3.8) is 0 Å². The fraction of sp³-hybridized carbons (Fsp3) is 0.143. The van der Waals surface area contributed by atoms with Gasteiger partial charge in [-0.25, -0.2) is 13.4 Å². The molecule has 0 spiro atoms. The summed E-state index contributed by atoms with van der Waals surface area (Å²) in [7, 11) is -3.33. The number of carbonyl (C=O) groups excluding carboxylic acids is 1. The predicted molar refractivity (Wildman–Crippen MR) is 120 cm³/mol. The predicted octanol–water partition coefficient (Wildman–Crippen LogP) is 4.86. The number of sulfone groups is 1. The molecule has 4 aromatic rings. The monoisotopic (exact) mass is 458 g/mol. The van der Waals surface area contributed by atoms with Crippen molar-refractivity contribution in [2.45, 2.75) is 16.3 Å². The number of thiazole rings is 1. The van der Waals surface area contributed by atoms with Crippen LogP contribution in [0.25, 0.3) is 10.2 Å². The van der Waals surface area contributed by atoms with Crippen molar-refractivity contribution >= 4 is 54.2 Å². The van der Waals surface area contributed by atoms with E-state index in [4.69, 9.17) is 4.42 Å². The van der Waals surface area contributed by atoms with Crippen molar-refractivity contribution < 1.29 is 17.6 Å². The van der Waals surface area contributed by atoms with E-state index in [0.717, 1.165) is 4.90 Å². The first-order valence-electron chi connectivity index (χ1n) is 8.94. The van der Waals surface area contributed by atoms with Gasteiger partial charge in [0.15, 0.2) is 15.0 Å². The van der Waals surface area contributed by atoms with Crippen molar-refractivity contribution in [1.82, 2.24) is 4.98 Å². The summed E-state index contributed by atoms with van der Waals surface area (Å²) in [6.07, 6.45) is 4.70. The van der Waals surface area contributed by atoms with Gasteiger partial charge in [0.1, 0.15) is 5.76 Å². The number of rotatable bonds is 6. The van der Waals surface area contributed by atoms with Crippen molar-refractivity contribution in [2.24, 2.45) is 0 Å². The number of aromatic nitrogens is 1. The molecule has 0 saturated carbocycles. The van der Waals surface area contributed by atoms with Crippen molar-refractivity contribution in [2.75, 3.05) is 17.4 Å². The summed E-state index contributed by atoms with van der Waals surface area (Å²) in [5.41, 5.74) is 1.17. The van der Waals surface area contributed by atoms with Crippen LogP contribution in [0.3, 0.4) is 0 Å². The summed E-state index contributed by atoms with van der Waals surface area (Å²) in [6.45, 7) is 0.217. The van der Waals surface area contributed by atoms with Crippen LogP contribution in [0.2, 0.25) is 0 Å². The molecule has 6 nitrogen and oxygen atoms in total. The van der Waals surface area contributed by atoms with Crippen LogP contribution >= 0.6 is 23.1 Å². The van der Waals surface area contributed by atoms with E-state index in [1.807, 2.05) is 18.4 Å². The van der Waals surface area contributed by atoms with Gasteiger partial charge in [-0.15, -0.1) is 11.8 Å². The topological polar surface area (TPSA) is 80.5 Å². The van der Waals surface area contributed by atoms with E-state index in [2.05, 4.69) is 4.98 Å². The Morgan fingerprint density at radius 3 is 2.57 bits per heavy atom. The van der Waals surface area contributed by atoms with Gasteiger partial charge >= 0.3 is 0 Å². The molecular weight excluding hydrogens is 440 g/mol. The molecule has 9 heteroatoms. The highest BCUT2D eigenvalue weighted by Gasteiger charge is 2.23. The van der Waals surface area contributed by atoms with Gasteiger partial charge in [-0.1, -0.05) is 11.3 Å². The second kappa shape index (κ2) is 8.25. The quantitative estimate of drug-likeness (QED) is 0.384. The van der Waals surface area contributed by atoms with Crippen LogP contribution in [0, 0.1) is 0 Å². The van der Waals surface area contributed by atoms with E-state index >= 15 is 0 Å². The molecule has 154 valence electrons. The van der Waals surface area contributed by atoms with Crippen molar-refractivity contribution in [3.05, 3.63) is 72.2 Å². The second-order valence-electron chi connectivity index (χ2n) is 6.60. The van der Waals surface area contributed by atoms with Crippen LogP contribution in [0.15, 0.2) is 75.1 Å². The minimum atomic E-state index is -3.33. The second-order valence-corrected chi connectivity index (χ2v) is 10.5. The lowest BCUT2D eigenvalue weighted by Gasteiger charge is -2.19. The molecular formula is C21H18N2O4S3. The smallest absolute Gasteiger partial charge is 0.260 e. The zero-order valence-electron chi connectivity index (χ0n) is 16.2. The first kappa shape index (κ1) is 20.6. The molecule has 0 aliphatic rings. The molecule has 2 heterocycles. The summed E-state index contributed by atoms with van der Waals surface area (Å²) in [6, 6.07) is 15.7. The molecule has 1 amide bonds. The largest absolute Gasteiger partial charge is 0.467 e. The first-order chi connectivity index (χ1) is 14.3. The van der Waals surface area contributed by atoms with Gasteiger partial charge in [0.05, 0.1) is 27.9 Å². The van der Waals surface area contributed by atoms with Crippen molar-refractivity contribution in [1.29, 1.82) is 0 Å². The molecule has 0 fully saturated rings. The average Bonchev–Trinajstić information content (AvgIpc) is 3.39. The third-order valence-electron chi connectivity index (χ3n) is 4.48. The molecule has 0 bridgehead atoms. The number of thioether (sulfide) groups is 1. The fourth-order valence-corrected chi connectivity index (χ4v) is 5.05. The summed E-state index contributed by atoms with van der Waals surface area (Å²) in [5.74, 6) is 0.418. The minimum Gasteiger partial charge on any atom is -0.467 e. The maximum absolute atomic E-state index is 13.3. The number of hydrogen-bond donors (Lipinski definition) is 0. The first-order valence-corrected chi connectivity index (χ1v) is 12.9. The van der Waals surface area contributed by atoms with Gasteiger partial charge in [0, 0.05) is 16.7 Å². The van der Waals surface area contributed by atoms with Crippen LogP contribution in [-0.2, 0) is 16.4 Å². The molecule has 2 aromatic heterocycles. The molecule has 0 unspecified atom stereocenters. The molecule has 0 atom stereocenters. The fourth-order valence-electron chi connectivity index (χ4n) is 2.91. The Balaban J connectivity index is 1.76. The van der Waals surface area contributed by atoms with Gasteiger partial charge in [-0.05, 0) is 60.9 Å². The van der Waals surface area contributed by atoms with Gasteiger partial charge in [-0.2, -0.15) is 0 Å². The molecule has 0 saturated heterocycles. The van der Waals surface area contributed by atoms with Crippen LogP contribution in [-0.4, -0.2) is 31.8 Å². The standard InChI is InChI=1S/C21H18N2O4S3/c1-28-16-7-5-14(6-8-16)20(24)23(13-15-4-3-11-27-15)21-22-18-10-9-17(30(2,25)26)12-19(18)29-21/h3-12H,13H2,1-2H3. The summed E-state index contributed by atoms with van der Waals surface area (Å²) in [4.78, 5) is 20.7. The molecule has 0 aliphatic carbocycles. The zero-order chi connectivity index (χ0) is 21.3. The number of fused-ring (bicyclic) bond motifs is 1. The number of carbonyl (C=O) groups is 1. The van der Waals surface area contributed by atoms with Crippen molar-refractivity contribution in [3.8, 4) is 0 Å². The van der Waals surface area contributed by atoms with E-state index in [0.29, 0.717) is 26.7 Å². The zero-order valence-corrected chi connectivity index (χ0v) is 18.7. The van der Waals surface area contributed by atoms with Gasteiger partial charge in [0.2, 0.25) is 0 Å². The lowest BCUT2D eigenvalue weighted by Crippen LogP contribution is -2.30. The Hall–Kier alpha value is -2.62. The van der Waals surface area contributed by atoms with Gasteiger partial charge in [-0.3, -0.25) is 9.69 Å². The van der Waals surface area contributed by atoms with Gasteiger partial charge < -0.3 is 4.42 Å². The number of nitrogens with zero attached hydrogens (tertiary/aromatic N) is 2. The highest BCUT2D eigenvalue weighted by atomic mass is 32.2. The molecule has 0 aliphatic heterocycles. The third-order valence-corrected chi connectivity index (χ3v) is 7.38. The van der Waals surface area contributed by atoms with E-state index in [1.54, 1.807) is 59.3 Å². The molecule has 0 radical (unpaired) electrons. The molecule has 30 heavy (non-hydrogen) atoms. The van der Waals surface area contributed by atoms with Crippen LogP contribution < -0.4 is 4.90 Å². The maximum Gasteiger partial charge on any atom is 0.260 e. The Bertz CT molecular complexity index is 1290. The third kappa shape index (κ3) is 4.28. The van der Waals surface area contributed by atoms with Crippen LogP contribution in [0.5, 0.6) is 0 Å². The summed E-state index contributed by atoms with van der Waals surface area (Å²) in [5, 5.41) is 0.478. The Labute approximate surface area is 182 Å². The summed E-state index contributed by atoms with van der Waals surface area (Å²) >= 11 is 2.88. The highest BCUT2D eigenvalue weighted by Crippen LogP contribution is 2.32. The lowest BCUT2D eigenvalue weighted by molar-refractivity contribution is 0.0983. The van der Waals surface area contributed by atoms with Crippen LogP contribution in [0.4, 0.5) is 5.13 Å². The van der Waals surface area contributed by atoms with Crippen LogP contribution in [0.1, 0.15) is 16.1 Å². The molecule has 0 N–H and O–H groups in total. The normalized spacial score (nSPS) is 11.7. The van der Waals surface area contributed by atoms with E-state index < -0.39 is 9.84 Å². The number of anilines is 1. The average molecular weight is 459 g/mol.